The number of H-pyrrole nitrogens is 1. The first-order chi connectivity index (χ1) is 14.6. The number of benzene rings is 3. The molecule has 0 saturated heterocycles. The molecule has 1 N–H and O–H groups in total. The van der Waals surface area contributed by atoms with Crippen molar-refractivity contribution in [1.82, 2.24) is 4.98 Å². The van der Waals surface area contributed by atoms with Gasteiger partial charge in [0.25, 0.3) is 5.82 Å². The molecule has 3 heteroatoms. The number of nitrogens with zero attached hydrogens (tertiary/aromatic N) is 1. The number of furan rings is 1. The second-order valence-corrected chi connectivity index (χ2v) is 8.56. The summed E-state index contributed by atoms with van der Waals surface area (Å²) in [5.41, 5.74) is 6.93. The van der Waals surface area contributed by atoms with E-state index in [1.54, 1.807) is 0 Å². The van der Waals surface area contributed by atoms with Crippen LogP contribution in [0, 0.1) is 0 Å². The molecule has 5 aromatic rings. The zero-order valence-corrected chi connectivity index (χ0v) is 17.9. The van der Waals surface area contributed by atoms with Crippen LogP contribution in [0.15, 0.2) is 77.5 Å². The van der Waals surface area contributed by atoms with Crippen molar-refractivity contribution in [3.05, 3.63) is 84.2 Å². The third kappa shape index (κ3) is 2.85. The minimum absolute atomic E-state index is 0.313. The van der Waals surface area contributed by atoms with Gasteiger partial charge in [0.05, 0.1) is 5.56 Å². The average molecular weight is 396 g/mol. The predicted octanol–water partition coefficient (Wildman–Crippen LogP) is 7.10. The highest BCUT2D eigenvalue weighted by atomic mass is 16.3. The molecule has 0 saturated carbocycles. The lowest BCUT2D eigenvalue weighted by molar-refractivity contribution is -0.583. The fourth-order valence-corrected chi connectivity index (χ4v) is 4.48. The van der Waals surface area contributed by atoms with Crippen LogP contribution in [0.3, 0.4) is 0 Å². The van der Waals surface area contributed by atoms with E-state index in [2.05, 4.69) is 98.0 Å². The van der Waals surface area contributed by atoms with Gasteiger partial charge in [0.2, 0.25) is 0 Å². The molecule has 2 heterocycles. The second-order valence-electron chi connectivity index (χ2n) is 8.56. The van der Waals surface area contributed by atoms with Crippen molar-refractivity contribution in [3.63, 3.8) is 0 Å². The van der Waals surface area contributed by atoms with E-state index in [9.17, 15) is 0 Å². The van der Waals surface area contributed by atoms with Crippen molar-refractivity contribution in [1.29, 1.82) is 0 Å². The van der Waals surface area contributed by atoms with E-state index >= 15 is 0 Å². The van der Waals surface area contributed by atoms with Crippen molar-refractivity contribution < 1.29 is 8.98 Å². The maximum atomic E-state index is 6.44. The van der Waals surface area contributed by atoms with Crippen molar-refractivity contribution in [2.24, 2.45) is 0 Å². The van der Waals surface area contributed by atoms with Gasteiger partial charge in [0.15, 0.2) is 0 Å². The summed E-state index contributed by atoms with van der Waals surface area (Å²) >= 11 is 0. The van der Waals surface area contributed by atoms with Crippen LogP contribution in [0.2, 0.25) is 0 Å². The van der Waals surface area contributed by atoms with Crippen molar-refractivity contribution in [2.75, 3.05) is 0 Å². The maximum Gasteiger partial charge on any atom is 0.291 e. The lowest BCUT2D eigenvalue weighted by Crippen LogP contribution is -2.34. The minimum Gasteiger partial charge on any atom is -0.456 e. The van der Waals surface area contributed by atoms with Gasteiger partial charge in [-0.15, -0.1) is 0 Å². The van der Waals surface area contributed by atoms with Crippen LogP contribution in [0.25, 0.3) is 39.0 Å². The first-order valence-corrected chi connectivity index (χ1v) is 10.7. The summed E-state index contributed by atoms with van der Waals surface area (Å²) in [6, 6.07) is 21.2. The Labute approximate surface area is 177 Å². The highest BCUT2D eigenvalue weighted by Crippen LogP contribution is 2.40. The zero-order chi connectivity index (χ0) is 20.8. The van der Waals surface area contributed by atoms with E-state index in [1.807, 2.05) is 12.3 Å². The molecule has 0 aliphatic carbocycles. The zero-order valence-electron chi connectivity index (χ0n) is 17.9. The number of aromatic amines is 1. The largest absolute Gasteiger partial charge is 0.456 e. The summed E-state index contributed by atoms with van der Waals surface area (Å²) in [4.78, 5) is 3.46. The number of hydrogen-bond donors (Lipinski definition) is 1. The Morgan fingerprint density at radius 1 is 0.833 bits per heavy atom. The number of imidazole rings is 1. The standard InChI is InChI=1S/C27H26N2O/c1-17(2)21-16-22-20-12-8-9-13-23(20)30-26(22)24(18(3)4)25(21)29-15-14-28-27(29)19-10-6-5-7-11-19/h5-18H,1-4H3/p+1. The summed E-state index contributed by atoms with van der Waals surface area (Å²) in [7, 11) is 0. The van der Waals surface area contributed by atoms with Gasteiger partial charge in [-0.2, -0.15) is 4.57 Å². The van der Waals surface area contributed by atoms with Crippen LogP contribution in [0.4, 0.5) is 0 Å². The Morgan fingerprint density at radius 2 is 1.57 bits per heavy atom. The van der Waals surface area contributed by atoms with Crippen LogP contribution in [-0.4, -0.2) is 4.98 Å². The van der Waals surface area contributed by atoms with E-state index in [0.717, 1.165) is 22.6 Å². The third-order valence-corrected chi connectivity index (χ3v) is 5.88. The Balaban J connectivity index is 1.91. The first kappa shape index (κ1) is 18.7. The summed E-state index contributed by atoms with van der Waals surface area (Å²) in [6.45, 7) is 9.05. The molecule has 0 unspecified atom stereocenters. The van der Waals surface area contributed by atoms with Gasteiger partial charge in [-0.05, 0) is 36.1 Å². The SMILES string of the molecule is CC(C)c1cc2c(oc3ccccc32)c(C(C)C)c1-[n+]1cc[nH]c1-c1ccccc1. The van der Waals surface area contributed by atoms with Crippen molar-refractivity contribution in [2.45, 2.75) is 39.5 Å². The normalized spacial score (nSPS) is 11.9. The Morgan fingerprint density at radius 3 is 2.30 bits per heavy atom. The van der Waals surface area contributed by atoms with Gasteiger partial charge in [-0.1, -0.05) is 64.1 Å². The monoisotopic (exact) mass is 395 g/mol. The van der Waals surface area contributed by atoms with Crippen LogP contribution >= 0.6 is 0 Å². The minimum atomic E-state index is 0.313. The van der Waals surface area contributed by atoms with Gasteiger partial charge in [0, 0.05) is 21.9 Å². The topological polar surface area (TPSA) is 32.8 Å². The highest BCUT2D eigenvalue weighted by Gasteiger charge is 2.28. The van der Waals surface area contributed by atoms with E-state index in [0.29, 0.717) is 11.8 Å². The van der Waals surface area contributed by atoms with Crippen molar-refractivity contribution in [3.8, 4) is 17.1 Å². The quantitative estimate of drug-likeness (QED) is 0.323. The average Bonchev–Trinajstić information content (AvgIpc) is 3.37. The number of para-hydroxylation sites is 1. The molecule has 150 valence electrons. The Kier molecular flexibility index (Phi) is 4.47. The number of hydrogen-bond acceptors (Lipinski definition) is 1. The lowest BCUT2D eigenvalue weighted by atomic mass is 9.89. The molecular weight excluding hydrogens is 368 g/mol. The van der Waals surface area contributed by atoms with E-state index < -0.39 is 0 Å². The van der Waals surface area contributed by atoms with Gasteiger partial charge in [-0.25, -0.2) is 4.98 Å². The molecule has 0 aliphatic rings. The van der Waals surface area contributed by atoms with Crippen LogP contribution in [0.5, 0.6) is 0 Å². The molecule has 3 aromatic carbocycles. The van der Waals surface area contributed by atoms with Crippen molar-refractivity contribution >= 4 is 21.9 Å². The number of rotatable bonds is 4. The van der Waals surface area contributed by atoms with Crippen LogP contribution < -0.4 is 4.57 Å². The fraction of sp³-hybridized carbons (Fsp3) is 0.222. The van der Waals surface area contributed by atoms with E-state index in [1.165, 1.54) is 27.6 Å². The summed E-state index contributed by atoms with van der Waals surface area (Å²) in [5.74, 6) is 1.77. The molecule has 30 heavy (non-hydrogen) atoms. The van der Waals surface area contributed by atoms with Gasteiger partial charge in [0.1, 0.15) is 29.2 Å². The van der Waals surface area contributed by atoms with Gasteiger partial charge in [-0.3, -0.25) is 0 Å². The summed E-state index contributed by atoms with van der Waals surface area (Å²) in [6.07, 6.45) is 4.14. The summed E-state index contributed by atoms with van der Waals surface area (Å²) in [5, 5.41) is 2.39. The van der Waals surface area contributed by atoms with Gasteiger partial charge >= 0.3 is 0 Å². The molecule has 0 fully saturated rings. The lowest BCUT2D eigenvalue weighted by Gasteiger charge is -2.18. The number of aromatic nitrogens is 2. The molecule has 0 atom stereocenters. The smallest absolute Gasteiger partial charge is 0.291 e. The molecule has 0 aliphatic heterocycles. The van der Waals surface area contributed by atoms with E-state index in [4.69, 9.17) is 4.42 Å². The second kappa shape index (κ2) is 7.17. The molecule has 0 spiro atoms. The maximum absolute atomic E-state index is 6.44. The molecule has 2 aromatic heterocycles. The highest BCUT2D eigenvalue weighted by molar-refractivity contribution is 6.07. The molecule has 0 radical (unpaired) electrons. The summed E-state index contributed by atoms with van der Waals surface area (Å²) < 4.78 is 8.74. The molecule has 5 rings (SSSR count). The number of fused-ring (bicyclic) bond motifs is 3. The van der Waals surface area contributed by atoms with Crippen LogP contribution in [0.1, 0.15) is 50.7 Å². The Bertz CT molecular complexity index is 1340. The Hall–Kier alpha value is -3.33. The first-order valence-electron chi connectivity index (χ1n) is 10.7. The molecule has 0 bridgehead atoms. The van der Waals surface area contributed by atoms with E-state index in [-0.39, 0.29) is 0 Å². The van der Waals surface area contributed by atoms with Crippen LogP contribution in [-0.2, 0) is 0 Å². The fourth-order valence-electron chi connectivity index (χ4n) is 4.48. The molecular formula is C27H27N2O+. The molecule has 0 amide bonds. The molecule has 3 nitrogen and oxygen atoms in total. The number of nitrogens with one attached hydrogen (secondary N) is 1. The van der Waals surface area contributed by atoms with Gasteiger partial charge < -0.3 is 4.42 Å². The predicted molar refractivity (Wildman–Crippen MR) is 123 cm³/mol. The third-order valence-electron chi connectivity index (χ3n) is 5.88.